The summed E-state index contributed by atoms with van der Waals surface area (Å²) in [5.74, 6) is -0.0963. The number of rotatable bonds is 4. The van der Waals surface area contributed by atoms with E-state index < -0.39 is 0 Å². The minimum absolute atomic E-state index is 0.0641. The first-order valence-corrected chi connectivity index (χ1v) is 7.95. The number of aliphatic hydroxyl groups excluding tert-OH is 1. The molecule has 6 heteroatoms. The zero-order valence-electron chi connectivity index (χ0n) is 12.8. The molecule has 2 aliphatic heterocycles. The number of piperidine rings is 2. The van der Waals surface area contributed by atoms with Crippen LogP contribution >= 0.6 is 0 Å². The van der Waals surface area contributed by atoms with E-state index in [1.54, 1.807) is 0 Å². The fraction of sp³-hybridized carbons (Fsp3) is 0.867. The Morgan fingerprint density at radius 3 is 2.52 bits per heavy atom. The summed E-state index contributed by atoms with van der Waals surface area (Å²) in [4.78, 5) is 27.8. The number of β-amino-alcohol motifs (C(OH)–C–C–N with tert-alkyl or cyclic N) is 1. The van der Waals surface area contributed by atoms with Gasteiger partial charge in [-0.05, 0) is 39.2 Å². The van der Waals surface area contributed by atoms with Gasteiger partial charge >= 0.3 is 5.97 Å². The molecule has 2 aliphatic rings. The molecule has 1 N–H and O–H groups in total. The Hall–Kier alpha value is -1.14. The molecule has 2 fully saturated rings. The fourth-order valence-corrected chi connectivity index (χ4v) is 3.09. The molecule has 120 valence electrons. The van der Waals surface area contributed by atoms with E-state index in [0.717, 1.165) is 19.4 Å². The van der Waals surface area contributed by atoms with E-state index >= 15 is 0 Å². The van der Waals surface area contributed by atoms with Crippen LogP contribution in [0.5, 0.6) is 0 Å². The number of carbonyl (C=O) groups excluding carboxylic acids is 2. The zero-order valence-corrected chi connectivity index (χ0v) is 12.8. The monoisotopic (exact) mass is 298 g/mol. The third-order valence-corrected chi connectivity index (χ3v) is 4.31. The molecule has 21 heavy (non-hydrogen) atoms. The fourth-order valence-electron chi connectivity index (χ4n) is 3.09. The highest BCUT2D eigenvalue weighted by Crippen LogP contribution is 2.19. The predicted octanol–water partition coefficient (Wildman–Crippen LogP) is 0.245. The Kier molecular flexibility index (Phi) is 5.99. The van der Waals surface area contributed by atoms with Crippen molar-refractivity contribution in [2.24, 2.45) is 5.92 Å². The molecule has 0 aromatic heterocycles. The lowest BCUT2D eigenvalue weighted by Gasteiger charge is -2.34. The highest BCUT2D eigenvalue weighted by molar-refractivity contribution is 5.79. The maximum absolute atomic E-state index is 12.3. The molecule has 0 aromatic carbocycles. The van der Waals surface area contributed by atoms with E-state index in [4.69, 9.17) is 4.74 Å². The Morgan fingerprint density at radius 1 is 1.19 bits per heavy atom. The largest absolute Gasteiger partial charge is 0.466 e. The van der Waals surface area contributed by atoms with Crippen molar-refractivity contribution in [2.45, 2.75) is 38.7 Å². The summed E-state index contributed by atoms with van der Waals surface area (Å²) in [6.07, 6.45) is 2.84. The summed E-state index contributed by atoms with van der Waals surface area (Å²) in [7, 11) is 0. The molecule has 6 nitrogen and oxygen atoms in total. The van der Waals surface area contributed by atoms with Crippen molar-refractivity contribution in [3.8, 4) is 0 Å². The predicted molar refractivity (Wildman–Crippen MR) is 77.6 cm³/mol. The summed E-state index contributed by atoms with van der Waals surface area (Å²) < 4.78 is 5.03. The van der Waals surface area contributed by atoms with Gasteiger partial charge < -0.3 is 14.7 Å². The maximum Gasteiger partial charge on any atom is 0.309 e. The minimum Gasteiger partial charge on any atom is -0.466 e. The van der Waals surface area contributed by atoms with E-state index in [2.05, 4.69) is 0 Å². The quantitative estimate of drug-likeness (QED) is 0.753. The van der Waals surface area contributed by atoms with E-state index in [9.17, 15) is 14.7 Å². The summed E-state index contributed by atoms with van der Waals surface area (Å²) in [5, 5.41) is 9.63. The SMILES string of the molecule is CCOC(=O)C1CCN(C(=O)CN2CCCC(O)C2)CC1. The number of hydrogen-bond acceptors (Lipinski definition) is 5. The molecular formula is C15H26N2O4. The highest BCUT2D eigenvalue weighted by atomic mass is 16.5. The summed E-state index contributed by atoms with van der Waals surface area (Å²) in [6.45, 7) is 5.31. The minimum atomic E-state index is -0.305. The molecule has 1 unspecified atom stereocenters. The molecule has 0 saturated carbocycles. The van der Waals surface area contributed by atoms with Gasteiger partial charge in [0.2, 0.25) is 5.91 Å². The van der Waals surface area contributed by atoms with Crippen molar-refractivity contribution in [3.05, 3.63) is 0 Å². The number of carbonyl (C=O) groups is 2. The number of esters is 1. The zero-order chi connectivity index (χ0) is 15.2. The van der Waals surface area contributed by atoms with Crippen molar-refractivity contribution >= 4 is 11.9 Å². The van der Waals surface area contributed by atoms with Crippen LogP contribution in [0.4, 0.5) is 0 Å². The van der Waals surface area contributed by atoms with Gasteiger partial charge in [-0.1, -0.05) is 0 Å². The Balaban J connectivity index is 1.74. The van der Waals surface area contributed by atoms with Gasteiger partial charge in [0.1, 0.15) is 0 Å². The molecule has 1 atom stereocenters. The van der Waals surface area contributed by atoms with Crippen LogP contribution in [0.1, 0.15) is 32.6 Å². The average Bonchev–Trinajstić information content (AvgIpc) is 2.47. The second kappa shape index (κ2) is 7.75. The van der Waals surface area contributed by atoms with Gasteiger partial charge in [0.15, 0.2) is 0 Å². The smallest absolute Gasteiger partial charge is 0.309 e. The number of hydrogen-bond donors (Lipinski definition) is 1. The van der Waals surface area contributed by atoms with Crippen LogP contribution in [0.3, 0.4) is 0 Å². The van der Waals surface area contributed by atoms with Crippen molar-refractivity contribution < 1.29 is 19.4 Å². The van der Waals surface area contributed by atoms with Crippen LogP contribution in [-0.2, 0) is 14.3 Å². The molecule has 0 bridgehead atoms. The van der Waals surface area contributed by atoms with Gasteiger partial charge in [-0.3, -0.25) is 14.5 Å². The number of likely N-dealkylation sites (tertiary alicyclic amines) is 2. The van der Waals surface area contributed by atoms with Gasteiger partial charge in [0, 0.05) is 19.6 Å². The topological polar surface area (TPSA) is 70.1 Å². The number of amides is 1. The summed E-state index contributed by atoms with van der Waals surface area (Å²) in [5.41, 5.74) is 0. The van der Waals surface area contributed by atoms with Crippen LogP contribution < -0.4 is 0 Å². The molecule has 0 spiro atoms. The lowest BCUT2D eigenvalue weighted by atomic mass is 9.97. The van der Waals surface area contributed by atoms with E-state index in [0.29, 0.717) is 45.6 Å². The number of ether oxygens (including phenoxy) is 1. The second-order valence-corrected chi connectivity index (χ2v) is 5.94. The maximum atomic E-state index is 12.3. The molecule has 2 saturated heterocycles. The van der Waals surface area contributed by atoms with Crippen molar-refractivity contribution in [1.29, 1.82) is 0 Å². The third kappa shape index (κ3) is 4.68. The molecule has 0 aliphatic carbocycles. The summed E-state index contributed by atoms with van der Waals surface area (Å²) in [6, 6.07) is 0. The molecule has 2 rings (SSSR count). The van der Waals surface area contributed by atoms with Gasteiger partial charge in [0.25, 0.3) is 0 Å². The summed E-state index contributed by atoms with van der Waals surface area (Å²) >= 11 is 0. The van der Waals surface area contributed by atoms with Crippen LogP contribution in [0, 0.1) is 5.92 Å². The van der Waals surface area contributed by atoms with Crippen LogP contribution in [-0.4, -0.2) is 72.2 Å². The second-order valence-electron chi connectivity index (χ2n) is 5.94. The normalized spacial score (nSPS) is 24.9. The van der Waals surface area contributed by atoms with E-state index in [1.165, 1.54) is 0 Å². The number of aliphatic hydroxyl groups is 1. The standard InChI is InChI=1S/C15H26N2O4/c1-2-21-15(20)12-5-8-17(9-6-12)14(19)11-16-7-3-4-13(18)10-16/h12-13,18H,2-11H2,1H3. The molecule has 0 aromatic rings. The van der Waals surface area contributed by atoms with Gasteiger partial charge in [0.05, 0.1) is 25.2 Å². The first-order chi connectivity index (χ1) is 10.1. The van der Waals surface area contributed by atoms with Crippen molar-refractivity contribution in [3.63, 3.8) is 0 Å². The lowest BCUT2D eigenvalue weighted by Crippen LogP contribution is -2.48. The van der Waals surface area contributed by atoms with Gasteiger partial charge in [-0.15, -0.1) is 0 Å². The van der Waals surface area contributed by atoms with E-state index in [-0.39, 0.29) is 23.9 Å². The van der Waals surface area contributed by atoms with Gasteiger partial charge in [-0.2, -0.15) is 0 Å². The molecular weight excluding hydrogens is 272 g/mol. The Bertz CT molecular complexity index is 367. The average molecular weight is 298 g/mol. The first-order valence-electron chi connectivity index (χ1n) is 7.95. The lowest BCUT2D eigenvalue weighted by molar-refractivity contribution is -0.151. The Labute approximate surface area is 126 Å². The molecule has 2 heterocycles. The van der Waals surface area contributed by atoms with Crippen LogP contribution in [0.2, 0.25) is 0 Å². The van der Waals surface area contributed by atoms with E-state index in [1.807, 2.05) is 16.7 Å². The van der Waals surface area contributed by atoms with Crippen molar-refractivity contribution in [1.82, 2.24) is 9.80 Å². The third-order valence-electron chi connectivity index (χ3n) is 4.31. The number of nitrogens with zero attached hydrogens (tertiary/aromatic N) is 2. The molecule has 0 radical (unpaired) electrons. The highest BCUT2D eigenvalue weighted by Gasteiger charge is 2.29. The first kappa shape index (κ1) is 16.2. The van der Waals surface area contributed by atoms with Gasteiger partial charge in [-0.25, -0.2) is 0 Å². The van der Waals surface area contributed by atoms with Crippen molar-refractivity contribution in [2.75, 3.05) is 39.3 Å². The van der Waals surface area contributed by atoms with Crippen LogP contribution in [0.25, 0.3) is 0 Å². The van der Waals surface area contributed by atoms with Crippen LogP contribution in [0.15, 0.2) is 0 Å². The molecule has 1 amide bonds. The Morgan fingerprint density at radius 2 is 1.90 bits per heavy atom.